The largest absolute Gasteiger partial charge is 0.326 e. The molecule has 19 heavy (non-hydrogen) atoms. The van der Waals surface area contributed by atoms with Crippen molar-refractivity contribution < 1.29 is 8.42 Å². The maximum Gasteiger partial charge on any atom is 0.250 e. The summed E-state index contributed by atoms with van der Waals surface area (Å²) in [5, 5.41) is 0. The maximum atomic E-state index is 12.3. The first kappa shape index (κ1) is 16.6. The van der Waals surface area contributed by atoms with E-state index in [1.54, 1.807) is 6.07 Å². The fourth-order valence-corrected chi connectivity index (χ4v) is 5.02. The van der Waals surface area contributed by atoms with Crippen LogP contribution in [0.4, 0.5) is 0 Å². The summed E-state index contributed by atoms with van der Waals surface area (Å²) < 4.78 is 27.8. The van der Waals surface area contributed by atoms with E-state index in [4.69, 9.17) is 5.73 Å². The molecule has 0 bridgehead atoms. The van der Waals surface area contributed by atoms with Crippen LogP contribution in [0.1, 0.15) is 44.1 Å². The average Bonchev–Trinajstić information content (AvgIpc) is 2.72. The van der Waals surface area contributed by atoms with Crippen molar-refractivity contribution >= 4 is 21.4 Å². The van der Waals surface area contributed by atoms with Gasteiger partial charge < -0.3 is 5.73 Å². The van der Waals surface area contributed by atoms with Crippen molar-refractivity contribution in [3.8, 4) is 0 Å². The molecule has 1 atom stereocenters. The lowest BCUT2D eigenvalue weighted by atomic mass is 9.96. The summed E-state index contributed by atoms with van der Waals surface area (Å²) in [5.41, 5.74) is 6.54. The van der Waals surface area contributed by atoms with E-state index < -0.39 is 10.0 Å². The number of hydrogen-bond donors (Lipinski definition) is 2. The Morgan fingerprint density at radius 1 is 1.37 bits per heavy atom. The quantitative estimate of drug-likeness (QED) is 0.813. The highest BCUT2D eigenvalue weighted by atomic mass is 32.2. The summed E-state index contributed by atoms with van der Waals surface area (Å²) in [6.07, 6.45) is 1.94. The Morgan fingerprint density at radius 2 is 1.95 bits per heavy atom. The Bertz CT molecular complexity index is 505. The number of rotatable bonds is 7. The highest BCUT2D eigenvalue weighted by Crippen LogP contribution is 2.26. The van der Waals surface area contributed by atoms with Gasteiger partial charge in [-0.2, -0.15) is 0 Å². The normalized spacial score (nSPS) is 14.0. The van der Waals surface area contributed by atoms with Gasteiger partial charge in [0.1, 0.15) is 4.21 Å². The van der Waals surface area contributed by atoms with Crippen molar-refractivity contribution in [3.63, 3.8) is 0 Å². The number of nitrogens with two attached hydrogens (primary N) is 1. The molecule has 0 saturated heterocycles. The summed E-state index contributed by atoms with van der Waals surface area (Å²) >= 11 is 1.26. The Morgan fingerprint density at radius 3 is 2.37 bits per heavy atom. The zero-order valence-corrected chi connectivity index (χ0v) is 13.7. The third kappa shape index (κ3) is 4.02. The van der Waals surface area contributed by atoms with Crippen LogP contribution in [-0.4, -0.2) is 14.5 Å². The maximum absolute atomic E-state index is 12.3. The molecule has 1 aromatic heterocycles. The van der Waals surface area contributed by atoms with Gasteiger partial charge in [-0.25, -0.2) is 13.1 Å². The number of sulfonamides is 1. The van der Waals surface area contributed by atoms with E-state index in [1.807, 2.05) is 13.8 Å². The summed E-state index contributed by atoms with van der Waals surface area (Å²) in [7, 11) is -3.42. The molecule has 1 rings (SSSR count). The van der Waals surface area contributed by atoms with Gasteiger partial charge in [0.15, 0.2) is 0 Å². The number of hydrogen-bond acceptors (Lipinski definition) is 4. The first-order valence-electron chi connectivity index (χ1n) is 6.67. The minimum absolute atomic E-state index is 0.0521. The molecule has 0 aromatic carbocycles. The van der Waals surface area contributed by atoms with Gasteiger partial charge in [-0.3, -0.25) is 0 Å². The Kier molecular flexibility index (Phi) is 5.98. The number of thiophene rings is 1. The molecule has 3 N–H and O–H groups in total. The molecule has 0 fully saturated rings. The molecule has 0 aliphatic heterocycles. The van der Waals surface area contributed by atoms with Gasteiger partial charge in [0.25, 0.3) is 0 Å². The molecule has 6 heteroatoms. The van der Waals surface area contributed by atoms with Crippen molar-refractivity contribution in [2.24, 2.45) is 11.7 Å². The van der Waals surface area contributed by atoms with Gasteiger partial charge in [-0.15, -0.1) is 11.3 Å². The lowest BCUT2D eigenvalue weighted by Gasteiger charge is -2.21. The Hall–Kier alpha value is -0.430. The van der Waals surface area contributed by atoms with E-state index in [1.165, 1.54) is 11.3 Å². The summed E-state index contributed by atoms with van der Waals surface area (Å²) in [5.74, 6) is 0.366. The number of aryl methyl sites for hydroxylation is 1. The minimum atomic E-state index is -3.42. The summed E-state index contributed by atoms with van der Waals surface area (Å²) in [6.45, 7) is 8.37. The van der Waals surface area contributed by atoms with E-state index in [9.17, 15) is 8.42 Å². The zero-order chi connectivity index (χ0) is 14.6. The van der Waals surface area contributed by atoms with Crippen LogP contribution in [0, 0.1) is 12.8 Å². The van der Waals surface area contributed by atoms with Crippen LogP contribution in [0.15, 0.2) is 10.3 Å². The lowest BCUT2D eigenvalue weighted by molar-refractivity contribution is 0.391. The predicted molar refractivity (Wildman–Crippen MR) is 80.8 cm³/mol. The van der Waals surface area contributed by atoms with Gasteiger partial charge in [0.2, 0.25) is 10.0 Å². The molecule has 0 amide bonds. The van der Waals surface area contributed by atoms with Gasteiger partial charge >= 0.3 is 0 Å². The SMILES string of the molecule is CCC(CC)C(C)NS(=O)(=O)c1cc(C)c(CN)s1. The van der Waals surface area contributed by atoms with Gasteiger partial charge in [-0.05, 0) is 31.4 Å². The topological polar surface area (TPSA) is 72.2 Å². The number of nitrogens with one attached hydrogen (secondary N) is 1. The molecule has 4 nitrogen and oxygen atoms in total. The molecule has 0 saturated carbocycles. The molecule has 1 aromatic rings. The van der Waals surface area contributed by atoms with Gasteiger partial charge in [-0.1, -0.05) is 26.7 Å². The standard InChI is InChI=1S/C13H24N2O2S2/c1-5-11(6-2)10(4)15-19(16,17)13-7-9(3)12(8-14)18-13/h7,10-11,15H,5-6,8,14H2,1-4H3. The second-order valence-corrected chi connectivity index (χ2v) is 7.94. The monoisotopic (exact) mass is 304 g/mol. The van der Waals surface area contributed by atoms with Crippen LogP contribution in [0.25, 0.3) is 0 Å². The average molecular weight is 304 g/mol. The summed E-state index contributed by atoms with van der Waals surface area (Å²) in [4.78, 5) is 0.926. The van der Waals surface area contributed by atoms with Crippen molar-refractivity contribution in [1.82, 2.24) is 4.72 Å². The van der Waals surface area contributed by atoms with Crippen LogP contribution in [-0.2, 0) is 16.6 Å². The van der Waals surface area contributed by atoms with Gasteiger partial charge in [0, 0.05) is 17.5 Å². The molecular formula is C13H24N2O2S2. The lowest BCUT2D eigenvalue weighted by Crippen LogP contribution is -2.37. The van der Waals surface area contributed by atoms with Gasteiger partial charge in [0.05, 0.1) is 0 Å². The van der Waals surface area contributed by atoms with E-state index in [0.29, 0.717) is 16.7 Å². The molecule has 0 radical (unpaired) electrons. The van der Waals surface area contributed by atoms with E-state index >= 15 is 0 Å². The van der Waals surface area contributed by atoms with E-state index in [0.717, 1.165) is 23.3 Å². The Balaban J connectivity index is 2.91. The minimum Gasteiger partial charge on any atom is -0.326 e. The highest BCUT2D eigenvalue weighted by Gasteiger charge is 2.23. The fourth-order valence-electron chi connectivity index (χ4n) is 2.22. The van der Waals surface area contributed by atoms with Crippen molar-refractivity contribution in [2.45, 2.75) is 57.3 Å². The summed E-state index contributed by atoms with van der Waals surface area (Å²) in [6, 6.07) is 1.65. The molecule has 1 heterocycles. The van der Waals surface area contributed by atoms with Crippen LogP contribution in [0.2, 0.25) is 0 Å². The van der Waals surface area contributed by atoms with E-state index in [2.05, 4.69) is 18.6 Å². The second-order valence-electron chi connectivity index (χ2n) is 4.86. The molecule has 0 spiro atoms. The third-order valence-corrected chi connectivity index (χ3v) is 6.84. The highest BCUT2D eigenvalue weighted by molar-refractivity contribution is 7.91. The van der Waals surface area contributed by atoms with Crippen LogP contribution >= 0.6 is 11.3 Å². The molecule has 0 aliphatic rings. The van der Waals surface area contributed by atoms with Crippen LogP contribution in [0.5, 0.6) is 0 Å². The Labute approximate surface area is 120 Å². The van der Waals surface area contributed by atoms with Crippen molar-refractivity contribution in [2.75, 3.05) is 0 Å². The molecule has 110 valence electrons. The zero-order valence-electron chi connectivity index (χ0n) is 12.1. The first-order chi connectivity index (χ1) is 8.85. The first-order valence-corrected chi connectivity index (χ1v) is 8.97. The second kappa shape index (κ2) is 6.83. The molecule has 1 unspecified atom stereocenters. The van der Waals surface area contributed by atoms with Crippen molar-refractivity contribution in [1.29, 1.82) is 0 Å². The molecular weight excluding hydrogens is 280 g/mol. The molecule has 0 aliphatic carbocycles. The van der Waals surface area contributed by atoms with Crippen LogP contribution < -0.4 is 10.5 Å². The fraction of sp³-hybridized carbons (Fsp3) is 0.692. The predicted octanol–water partition coefficient (Wildman–Crippen LogP) is 2.62. The van der Waals surface area contributed by atoms with E-state index in [-0.39, 0.29) is 6.04 Å². The van der Waals surface area contributed by atoms with Crippen molar-refractivity contribution in [3.05, 3.63) is 16.5 Å². The smallest absolute Gasteiger partial charge is 0.250 e. The van der Waals surface area contributed by atoms with Crippen LogP contribution in [0.3, 0.4) is 0 Å². The third-order valence-electron chi connectivity index (χ3n) is 3.55.